The first kappa shape index (κ1) is 13.6. The summed E-state index contributed by atoms with van der Waals surface area (Å²) in [6.45, 7) is 5.86. The van der Waals surface area contributed by atoms with Gasteiger partial charge in [0, 0.05) is 27.9 Å². The van der Waals surface area contributed by atoms with Crippen molar-refractivity contribution in [2.24, 2.45) is 5.11 Å². The summed E-state index contributed by atoms with van der Waals surface area (Å²) in [5.74, 6) is 0.985. The molecule has 0 fully saturated rings. The number of hydrogen-bond donors (Lipinski definition) is 1. The number of azide groups is 1. The van der Waals surface area contributed by atoms with Crippen molar-refractivity contribution in [1.29, 1.82) is 0 Å². The molecule has 2 heterocycles. The normalized spacial score (nSPS) is 22.1. The van der Waals surface area contributed by atoms with E-state index in [1.807, 2.05) is 0 Å². The van der Waals surface area contributed by atoms with Crippen molar-refractivity contribution in [2.45, 2.75) is 38.2 Å². The predicted molar refractivity (Wildman–Crippen MR) is 82.4 cm³/mol. The van der Waals surface area contributed by atoms with Gasteiger partial charge in [-0.2, -0.15) is 0 Å². The Morgan fingerprint density at radius 3 is 3.15 bits per heavy atom. The molecule has 0 amide bonds. The quantitative estimate of drug-likeness (QED) is 0.500. The maximum Gasteiger partial charge on any atom is 0.128 e. The van der Waals surface area contributed by atoms with Crippen molar-refractivity contribution >= 4 is 21.6 Å². The topological polar surface area (TPSA) is 70.0 Å². The fourth-order valence-corrected chi connectivity index (χ4v) is 3.71. The zero-order chi connectivity index (χ0) is 14.3. The first-order chi connectivity index (χ1) is 9.53. The van der Waals surface area contributed by atoms with Gasteiger partial charge in [0.15, 0.2) is 0 Å². The summed E-state index contributed by atoms with van der Waals surface area (Å²) in [6.07, 6.45) is 1.83. The smallest absolute Gasteiger partial charge is 0.128 e. The molecule has 1 aromatic carbocycles. The molecule has 0 saturated heterocycles. The lowest BCUT2D eigenvalue weighted by molar-refractivity contribution is 0.235. The molecule has 0 saturated carbocycles. The van der Waals surface area contributed by atoms with Crippen molar-refractivity contribution in [3.05, 3.63) is 32.1 Å². The molecule has 0 radical (unpaired) electrons. The summed E-state index contributed by atoms with van der Waals surface area (Å²) in [4.78, 5) is 2.82. The molecule has 0 aliphatic carbocycles. The molecule has 1 N–H and O–H groups in total. The second kappa shape index (κ2) is 4.86. The van der Waals surface area contributed by atoms with Gasteiger partial charge in [-0.3, -0.25) is 0 Å². The van der Waals surface area contributed by atoms with Crippen molar-refractivity contribution in [2.75, 3.05) is 18.4 Å². The first-order valence-electron chi connectivity index (χ1n) is 6.80. The molecule has 0 aromatic heterocycles. The van der Waals surface area contributed by atoms with E-state index in [4.69, 9.17) is 10.3 Å². The van der Waals surface area contributed by atoms with Crippen molar-refractivity contribution in [3.63, 3.8) is 0 Å². The fraction of sp³-hybridized carbons (Fsp3) is 0.571. The second-order valence-corrected chi connectivity index (χ2v) is 6.87. The van der Waals surface area contributed by atoms with Gasteiger partial charge in [0.25, 0.3) is 0 Å². The highest BCUT2D eigenvalue weighted by atomic mass is 79.9. The maximum absolute atomic E-state index is 8.45. The van der Waals surface area contributed by atoms with Gasteiger partial charge >= 0.3 is 0 Å². The molecule has 1 atom stereocenters. The second-order valence-electron chi connectivity index (χ2n) is 6.01. The lowest BCUT2D eigenvalue weighted by Gasteiger charge is -2.35. The molecule has 3 rings (SSSR count). The molecule has 5 nitrogen and oxygen atoms in total. The molecular weight excluding hydrogens is 320 g/mol. The van der Waals surface area contributed by atoms with Crippen LogP contribution in [0.3, 0.4) is 0 Å². The van der Waals surface area contributed by atoms with Gasteiger partial charge in [0.05, 0.1) is 12.2 Å². The minimum atomic E-state index is -0.0444. The Balaban J connectivity index is 2.06. The zero-order valence-corrected chi connectivity index (χ0v) is 13.2. The van der Waals surface area contributed by atoms with E-state index in [0.717, 1.165) is 35.3 Å². The van der Waals surface area contributed by atoms with E-state index in [0.29, 0.717) is 6.54 Å². The van der Waals surface area contributed by atoms with Gasteiger partial charge in [-0.1, -0.05) is 19.0 Å². The number of hydrogen-bond acceptors (Lipinski definition) is 3. The number of fused-ring (bicyclic) bond motifs is 3. The summed E-state index contributed by atoms with van der Waals surface area (Å²) in [6, 6.07) is 2.12. The summed E-state index contributed by atoms with van der Waals surface area (Å²) in [5.41, 5.74) is 12.1. The first-order valence-corrected chi connectivity index (χ1v) is 7.59. The van der Waals surface area contributed by atoms with Crippen molar-refractivity contribution in [3.8, 4) is 5.75 Å². The van der Waals surface area contributed by atoms with Crippen LogP contribution in [-0.2, 0) is 11.8 Å². The predicted octanol–water partition coefficient (Wildman–Crippen LogP) is 4.16. The number of nitrogens with one attached hydrogen (secondary N) is 1. The molecule has 0 bridgehead atoms. The average molecular weight is 337 g/mol. The van der Waals surface area contributed by atoms with Crippen LogP contribution >= 0.6 is 15.9 Å². The SMILES string of the molecule is CC1(C)CCNc2c(Br)cc3c(c21)OC(CN=[N+]=[N-])C3. The monoisotopic (exact) mass is 336 g/mol. The standard InChI is InChI=1S/C14H17BrN4O/c1-14(2)3-4-17-12-10(15)6-8-5-9(7-18-19-16)20-13(8)11(12)14/h6,9,17H,3-5,7H2,1-2H3. The lowest BCUT2D eigenvalue weighted by atomic mass is 9.77. The molecule has 1 unspecified atom stereocenters. The summed E-state index contributed by atoms with van der Waals surface area (Å²) < 4.78 is 7.16. The Kier molecular flexibility index (Phi) is 3.30. The van der Waals surface area contributed by atoms with Gasteiger partial charge in [0.2, 0.25) is 0 Å². The number of anilines is 1. The summed E-state index contributed by atoms with van der Waals surface area (Å²) >= 11 is 3.66. The van der Waals surface area contributed by atoms with E-state index in [2.05, 4.69) is 51.2 Å². The molecule has 2 aliphatic heterocycles. The third kappa shape index (κ3) is 2.13. The lowest BCUT2D eigenvalue weighted by Crippen LogP contribution is -2.29. The van der Waals surface area contributed by atoms with Crippen LogP contribution in [0.25, 0.3) is 10.4 Å². The number of benzene rings is 1. The number of ether oxygens (including phenoxy) is 1. The zero-order valence-electron chi connectivity index (χ0n) is 11.6. The molecule has 6 heteroatoms. The van der Waals surface area contributed by atoms with Crippen LogP contribution < -0.4 is 10.1 Å². The van der Waals surface area contributed by atoms with Gasteiger partial charge in [-0.25, -0.2) is 0 Å². The average Bonchev–Trinajstić information content (AvgIpc) is 2.78. The molecule has 2 aliphatic rings. The van der Waals surface area contributed by atoms with Crippen LogP contribution in [0.2, 0.25) is 0 Å². The molecule has 1 aromatic rings. The Hall–Kier alpha value is -1.39. The number of halogens is 1. The Bertz CT molecular complexity index is 608. The minimum absolute atomic E-state index is 0.0444. The van der Waals surface area contributed by atoms with E-state index in [1.54, 1.807) is 0 Å². The van der Waals surface area contributed by atoms with Crippen molar-refractivity contribution < 1.29 is 4.74 Å². The third-order valence-electron chi connectivity index (χ3n) is 4.12. The van der Waals surface area contributed by atoms with E-state index < -0.39 is 0 Å². The minimum Gasteiger partial charge on any atom is -0.489 e. The van der Waals surface area contributed by atoms with E-state index in [-0.39, 0.29) is 11.5 Å². The Labute approximate surface area is 126 Å². The van der Waals surface area contributed by atoms with Crippen LogP contribution in [0.4, 0.5) is 5.69 Å². The number of rotatable bonds is 2. The highest BCUT2D eigenvalue weighted by Crippen LogP contribution is 2.50. The molecule has 106 valence electrons. The largest absolute Gasteiger partial charge is 0.489 e. The third-order valence-corrected chi connectivity index (χ3v) is 4.74. The van der Waals surface area contributed by atoms with E-state index in [1.165, 1.54) is 11.1 Å². The highest BCUT2D eigenvalue weighted by molar-refractivity contribution is 9.10. The fourth-order valence-electron chi connectivity index (χ4n) is 3.10. The van der Waals surface area contributed by atoms with Crippen LogP contribution in [0, 0.1) is 0 Å². The Morgan fingerprint density at radius 2 is 2.40 bits per heavy atom. The van der Waals surface area contributed by atoms with Gasteiger partial charge in [-0.05, 0) is 44.9 Å². The molecular formula is C14H17BrN4O. The maximum atomic E-state index is 8.45. The van der Waals surface area contributed by atoms with Crippen LogP contribution in [0.5, 0.6) is 5.75 Å². The van der Waals surface area contributed by atoms with Crippen LogP contribution in [-0.4, -0.2) is 19.2 Å². The molecule has 20 heavy (non-hydrogen) atoms. The van der Waals surface area contributed by atoms with Gasteiger partial charge < -0.3 is 10.1 Å². The van der Waals surface area contributed by atoms with Crippen molar-refractivity contribution in [1.82, 2.24) is 0 Å². The van der Waals surface area contributed by atoms with E-state index in [9.17, 15) is 0 Å². The van der Waals surface area contributed by atoms with E-state index >= 15 is 0 Å². The summed E-state index contributed by atoms with van der Waals surface area (Å²) in [5, 5.41) is 7.10. The number of nitrogens with zero attached hydrogens (tertiary/aromatic N) is 3. The Morgan fingerprint density at radius 1 is 1.60 bits per heavy atom. The van der Waals surface area contributed by atoms with Gasteiger partial charge in [0.1, 0.15) is 11.9 Å². The molecule has 0 spiro atoms. The summed E-state index contributed by atoms with van der Waals surface area (Å²) in [7, 11) is 0. The van der Waals surface area contributed by atoms with Crippen LogP contribution in [0.15, 0.2) is 15.7 Å². The van der Waals surface area contributed by atoms with Crippen LogP contribution in [0.1, 0.15) is 31.4 Å². The van der Waals surface area contributed by atoms with Gasteiger partial charge in [-0.15, -0.1) is 0 Å². The highest BCUT2D eigenvalue weighted by Gasteiger charge is 2.37.